The van der Waals surface area contributed by atoms with Gasteiger partial charge in [-0.2, -0.15) is 0 Å². The Morgan fingerprint density at radius 1 is 1.18 bits per heavy atom. The zero-order valence-corrected chi connectivity index (χ0v) is 9.23. The van der Waals surface area contributed by atoms with Gasteiger partial charge in [-0.05, 0) is 29.8 Å². The lowest BCUT2D eigenvalue weighted by molar-refractivity contribution is 0.471. The van der Waals surface area contributed by atoms with Crippen LogP contribution in [0.4, 0.5) is 4.39 Å². The summed E-state index contributed by atoms with van der Waals surface area (Å²) in [6.45, 7) is 1.16. The van der Waals surface area contributed by atoms with Crippen molar-refractivity contribution in [1.82, 2.24) is 10.3 Å². The normalized spacial score (nSPS) is 10.4. The van der Waals surface area contributed by atoms with Crippen molar-refractivity contribution in [2.24, 2.45) is 0 Å². The number of pyridine rings is 1. The number of halogens is 1. The van der Waals surface area contributed by atoms with Gasteiger partial charge < -0.3 is 10.4 Å². The molecule has 0 atom stereocenters. The molecule has 0 spiro atoms. The van der Waals surface area contributed by atoms with Crippen molar-refractivity contribution >= 4 is 0 Å². The zero-order valence-electron chi connectivity index (χ0n) is 9.23. The maximum Gasteiger partial charge on any atom is 0.133 e. The van der Waals surface area contributed by atoms with E-state index < -0.39 is 0 Å². The highest BCUT2D eigenvalue weighted by atomic mass is 19.1. The maximum atomic E-state index is 12.9. The number of aromatic nitrogens is 1. The van der Waals surface area contributed by atoms with Crippen LogP contribution in [0, 0.1) is 5.82 Å². The average molecular weight is 232 g/mol. The number of benzene rings is 1. The van der Waals surface area contributed by atoms with Crippen molar-refractivity contribution in [1.29, 1.82) is 0 Å². The van der Waals surface area contributed by atoms with Crippen LogP contribution in [0.25, 0.3) is 0 Å². The van der Waals surface area contributed by atoms with Crippen LogP contribution in [0.15, 0.2) is 42.6 Å². The van der Waals surface area contributed by atoms with E-state index in [1.165, 1.54) is 18.3 Å². The van der Waals surface area contributed by atoms with Gasteiger partial charge in [-0.25, -0.2) is 4.39 Å². The summed E-state index contributed by atoms with van der Waals surface area (Å²) in [7, 11) is 0. The molecule has 1 aromatic carbocycles. The number of nitrogens with one attached hydrogen (secondary N) is 1. The number of hydrogen-bond acceptors (Lipinski definition) is 3. The molecule has 3 nitrogen and oxygen atoms in total. The summed E-state index contributed by atoms with van der Waals surface area (Å²) in [6.07, 6.45) is 1.40. The third-order valence-electron chi connectivity index (χ3n) is 2.33. The average Bonchev–Trinajstić information content (AvgIpc) is 2.32. The van der Waals surface area contributed by atoms with Crippen LogP contribution in [0.2, 0.25) is 0 Å². The van der Waals surface area contributed by atoms with Crippen LogP contribution in [0.3, 0.4) is 0 Å². The molecule has 0 bridgehead atoms. The van der Waals surface area contributed by atoms with Crippen molar-refractivity contribution in [3.63, 3.8) is 0 Å². The predicted octanol–water partition coefficient (Wildman–Crippen LogP) is 2.22. The monoisotopic (exact) mass is 232 g/mol. The molecule has 2 N–H and O–H groups in total. The van der Waals surface area contributed by atoms with Gasteiger partial charge in [0.15, 0.2) is 0 Å². The molecule has 0 aliphatic rings. The minimum atomic E-state index is -0.230. The molecular formula is C13H13FN2O. The molecule has 1 heterocycles. The van der Waals surface area contributed by atoms with E-state index in [0.29, 0.717) is 13.1 Å². The smallest absolute Gasteiger partial charge is 0.133 e. The number of hydrogen-bond donors (Lipinski definition) is 2. The van der Waals surface area contributed by atoms with Crippen LogP contribution in [0.5, 0.6) is 5.75 Å². The molecule has 0 saturated carbocycles. The molecular weight excluding hydrogens is 219 g/mol. The van der Waals surface area contributed by atoms with Crippen LogP contribution in [-0.2, 0) is 13.1 Å². The van der Waals surface area contributed by atoms with E-state index in [1.54, 1.807) is 18.2 Å². The largest absolute Gasteiger partial charge is 0.506 e. The lowest BCUT2D eigenvalue weighted by Crippen LogP contribution is -2.13. The third kappa shape index (κ3) is 3.53. The van der Waals surface area contributed by atoms with Crippen LogP contribution < -0.4 is 5.32 Å². The molecule has 0 aliphatic carbocycles. The van der Waals surface area contributed by atoms with Gasteiger partial charge in [-0.15, -0.1) is 0 Å². The first-order chi connectivity index (χ1) is 8.24. The quantitative estimate of drug-likeness (QED) is 0.849. The van der Waals surface area contributed by atoms with Gasteiger partial charge in [0, 0.05) is 13.1 Å². The van der Waals surface area contributed by atoms with Crippen molar-refractivity contribution in [3.8, 4) is 5.75 Å². The summed E-state index contributed by atoms with van der Waals surface area (Å²) in [4.78, 5) is 4.04. The molecule has 2 rings (SSSR count). The summed E-state index contributed by atoms with van der Waals surface area (Å²) >= 11 is 0. The SMILES string of the molecule is Oc1ccc(CNCc2cccc(F)c2)nc1. The Hall–Kier alpha value is -1.94. The van der Waals surface area contributed by atoms with E-state index in [4.69, 9.17) is 5.11 Å². The molecule has 0 radical (unpaired) electrons. The summed E-state index contributed by atoms with van der Waals surface area (Å²) in [5.41, 5.74) is 1.72. The van der Waals surface area contributed by atoms with Crippen LogP contribution in [0.1, 0.15) is 11.3 Å². The fraction of sp³-hybridized carbons (Fsp3) is 0.154. The molecule has 0 fully saturated rings. The highest BCUT2D eigenvalue weighted by Crippen LogP contribution is 2.06. The van der Waals surface area contributed by atoms with E-state index in [2.05, 4.69) is 10.3 Å². The molecule has 0 aliphatic heterocycles. The van der Waals surface area contributed by atoms with E-state index in [9.17, 15) is 4.39 Å². The molecule has 0 amide bonds. The van der Waals surface area contributed by atoms with Crippen molar-refractivity contribution in [2.45, 2.75) is 13.1 Å². The number of aromatic hydroxyl groups is 1. The summed E-state index contributed by atoms with van der Waals surface area (Å²) < 4.78 is 12.9. The minimum absolute atomic E-state index is 0.152. The summed E-state index contributed by atoms with van der Waals surface area (Å²) in [5, 5.41) is 12.2. The molecule has 0 saturated heterocycles. The summed E-state index contributed by atoms with van der Waals surface area (Å²) in [6, 6.07) is 9.80. The Balaban J connectivity index is 1.85. The minimum Gasteiger partial charge on any atom is -0.506 e. The number of rotatable bonds is 4. The molecule has 4 heteroatoms. The Morgan fingerprint density at radius 2 is 2.06 bits per heavy atom. The van der Waals surface area contributed by atoms with E-state index >= 15 is 0 Å². The highest BCUT2D eigenvalue weighted by Gasteiger charge is 1.97. The lowest BCUT2D eigenvalue weighted by atomic mass is 10.2. The van der Waals surface area contributed by atoms with E-state index in [0.717, 1.165) is 11.3 Å². The topological polar surface area (TPSA) is 45.1 Å². The summed E-state index contributed by atoms with van der Waals surface area (Å²) in [5.74, 6) is -0.0778. The van der Waals surface area contributed by atoms with Crippen molar-refractivity contribution in [3.05, 3.63) is 59.7 Å². The van der Waals surface area contributed by atoms with E-state index in [1.807, 2.05) is 6.07 Å². The number of nitrogens with zero attached hydrogens (tertiary/aromatic N) is 1. The fourth-order valence-electron chi connectivity index (χ4n) is 1.50. The van der Waals surface area contributed by atoms with Gasteiger partial charge in [0.2, 0.25) is 0 Å². The molecule has 1 aromatic heterocycles. The highest BCUT2D eigenvalue weighted by molar-refractivity contribution is 5.18. The first kappa shape index (κ1) is 11.5. The molecule has 2 aromatic rings. The first-order valence-electron chi connectivity index (χ1n) is 5.33. The maximum absolute atomic E-state index is 12.9. The Bertz CT molecular complexity index is 485. The Morgan fingerprint density at radius 3 is 2.76 bits per heavy atom. The molecule has 0 unspecified atom stereocenters. The second-order valence-corrected chi connectivity index (χ2v) is 3.74. The van der Waals surface area contributed by atoms with Crippen LogP contribution >= 0.6 is 0 Å². The zero-order chi connectivity index (χ0) is 12.1. The molecule has 88 valence electrons. The van der Waals surface area contributed by atoms with E-state index in [-0.39, 0.29) is 11.6 Å². The molecule has 17 heavy (non-hydrogen) atoms. The second-order valence-electron chi connectivity index (χ2n) is 3.74. The third-order valence-corrected chi connectivity index (χ3v) is 2.33. The standard InChI is InChI=1S/C13H13FN2O/c14-11-3-1-2-10(6-11)7-15-8-12-4-5-13(17)9-16-12/h1-6,9,15,17H,7-8H2. The first-order valence-corrected chi connectivity index (χ1v) is 5.33. The predicted molar refractivity (Wildman–Crippen MR) is 62.8 cm³/mol. The van der Waals surface area contributed by atoms with Gasteiger partial charge in [-0.3, -0.25) is 4.98 Å². The Kier molecular flexibility index (Phi) is 3.67. The van der Waals surface area contributed by atoms with Gasteiger partial charge in [-0.1, -0.05) is 12.1 Å². The second kappa shape index (κ2) is 5.41. The van der Waals surface area contributed by atoms with Gasteiger partial charge >= 0.3 is 0 Å². The lowest BCUT2D eigenvalue weighted by Gasteiger charge is -2.04. The fourth-order valence-corrected chi connectivity index (χ4v) is 1.50. The van der Waals surface area contributed by atoms with Crippen molar-refractivity contribution in [2.75, 3.05) is 0 Å². The van der Waals surface area contributed by atoms with Crippen LogP contribution in [-0.4, -0.2) is 10.1 Å². The Labute approximate surface area is 98.9 Å². The van der Waals surface area contributed by atoms with Crippen molar-refractivity contribution < 1.29 is 9.50 Å². The van der Waals surface area contributed by atoms with Gasteiger partial charge in [0.05, 0.1) is 11.9 Å². The van der Waals surface area contributed by atoms with Gasteiger partial charge in [0.25, 0.3) is 0 Å². The van der Waals surface area contributed by atoms with Gasteiger partial charge in [0.1, 0.15) is 11.6 Å².